The Bertz CT molecular complexity index is 545. The fourth-order valence-corrected chi connectivity index (χ4v) is 4.95. The molecule has 0 aromatic carbocycles. The molecule has 0 aromatic heterocycles. The van der Waals surface area contributed by atoms with Gasteiger partial charge in [-0.15, -0.1) is 0 Å². The van der Waals surface area contributed by atoms with E-state index in [1.807, 2.05) is 0 Å². The smallest absolute Gasteiger partial charge is 0.327 e. The Labute approximate surface area is 123 Å². The fourth-order valence-electron chi connectivity index (χ4n) is 4.95. The van der Waals surface area contributed by atoms with Crippen molar-refractivity contribution < 1.29 is 19.5 Å². The Hall–Kier alpha value is -1.65. The van der Waals surface area contributed by atoms with E-state index in [0.717, 1.165) is 11.3 Å². The van der Waals surface area contributed by atoms with E-state index >= 15 is 0 Å². The standard InChI is InChI=1S/C16H19NO4/c1-6(2)13(16(20)21)17-14(18)11-7-3-4-8(10-5-9(7)10)12(11)15(17)19/h3-4,6-13H,5H2,1-2H3,(H,20,21)/t7-,8-,9+,10+,11-,12-,13-/m1/s1. The van der Waals surface area contributed by atoms with Crippen molar-refractivity contribution in [1.82, 2.24) is 4.90 Å². The van der Waals surface area contributed by atoms with E-state index in [1.54, 1.807) is 13.8 Å². The number of carbonyl (C=O) groups excluding carboxylic acids is 2. The maximum atomic E-state index is 12.8. The van der Waals surface area contributed by atoms with Crippen LogP contribution in [0.25, 0.3) is 0 Å². The van der Waals surface area contributed by atoms with Gasteiger partial charge in [0, 0.05) is 0 Å². The molecule has 3 fully saturated rings. The molecule has 0 spiro atoms. The molecule has 5 rings (SSSR count). The number of rotatable bonds is 3. The van der Waals surface area contributed by atoms with Gasteiger partial charge in [-0.2, -0.15) is 0 Å². The number of likely N-dealkylation sites (tertiary alicyclic amines) is 1. The lowest BCUT2D eigenvalue weighted by atomic mass is 9.63. The maximum Gasteiger partial charge on any atom is 0.327 e. The normalized spacial score (nSPS) is 44.0. The van der Waals surface area contributed by atoms with Crippen LogP contribution in [0, 0.1) is 41.4 Å². The van der Waals surface area contributed by atoms with Crippen molar-refractivity contribution in [3.8, 4) is 0 Å². The second-order valence-corrected chi connectivity index (χ2v) is 7.23. The summed E-state index contributed by atoms with van der Waals surface area (Å²) in [5.41, 5.74) is 0. The molecule has 1 N–H and O–H groups in total. The van der Waals surface area contributed by atoms with E-state index < -0.39 is 12.0 Å². The number of carbonyl (C=O) groups is 3. The number of hydrogen-bond acceptors (Lipinski definition) is 3. The molecule has 1 heterocycles. The van der Waals surface area contributed by atoms with E-state index in [-0.39, 0.29) is 41.4 Å². The molecule has 2 bridgehead atoms. The number of allylic oxidation sites excluding steroid dienone is 2. The maximum absolute atomic E-state index is 12.8. The second kappa shape index (κ2) is 3.96. The molecule has 1 aliphatic heterocycles. The fraction of sp³-hybridized carbons (Fsp3) is 0.688. The highest BCUT2D eigenvalue weighted by molar-refractivity contribution is 6.08. The number of carboxylic acids is 1. The van der Waals surface area contributed by atoms with E-state index in [9.17, 15) is 19.5 Å². The zero-order valence-electron chi connectivity index (χ0n) is 12.1. The Balaban J connectivity index is 1.73. The van der Waals surface area contributed by atoms with Gasteiger partial charge in [0.1, 0.15) is 6.04 Å². The van der Waals surface area contributed by atoms with E-state index in [1.165, 1.54) is 0 Å². The van der Waals surface area contributed by atoms with Gasteiger partial charge in [-0.25, -0.2) is 4.79 Å². The summed E-state index contributed by atoms with van der Waals surface area (Å²) in [5, 5.41) is 9.42. The van der Waals surface area contributed by atoms with Crippen molar-refractivity contribution in [2.45, 2.75) is 26.3 Å². The van der Waals surface area contributed by atoms with Gasteiger partial charge in [-0.05, 0) is 36.0 Å². The van der Waals surface area contributed by atoms with Crippen LogP contribution in [0.15, 0.2) is 12.2 Å². The number of carboxylic acid groups (broad SMARTS) is 1. The predicted molar refractivity (Wildman–Crippen MR) is 72.8 cm³/mol. The zero-order chi connectivity index (χ0) is 15.0. The molecule has 0 radical (unpaired) electrons. The quantitative estimate of drug-likeness (QED) is 0.624. The summed E-state index contributed by atoms with van der Waals surface area (Å²) in [5.74, 6) is -1.12. The van der Waals surface area contributed by atoms with Crippen LogP contribution in [-0.2, 0) is 14.4 Å². The van der Waals surface area contributed by atoms with Crippen LogP contribution in [0.1, 0.15) is 20.3 Å². The van der Waals surface area contributed by atoms with Crippen LogP contribution in [-0.4, -0.2) is 33.8 Å². The molecule has 5 aliphatic rings. The topological polar surface area (TPSA) is 74.7 Å². The number of amides is 2. The summed E-state index contributed by atoms with van der Waals surface area (Å²) in [7, 11) is 0. The van der Waals surface area contributed by atoms with E-state index in [0.29, 0.717) is 11.8 Å². The number of nitrogens with zero attached hydrogens (tertiary/aromatic N) is 1. The largest absolute Gasteiger partial charge is 0.480 e. The van der Waals surface area contributed by atoms with Crippen LogP contribution in [0.5, 0.6) is 0 Å². The van der Waals surface area contributed by atoms with Gasteiger partial charge in [0.2, 0.25) is 11.8 Å². The monoisotopic (exact) mass is 289 g/mol. The average Bonchev–Trinajstić information content (AvgIpc) is 3.19. The molecule has 2 amide bonds. The summed E-state index contributed by atoms with van der Waals surface area (Å²) in [6.45, 7) is 3.48. The van der Waals surface area contributed by atoms with Crippen molar-refractivity contribution >= 4 is 17.8 Å². The zero-order valence-corrected chi connectivity index (χ0v) is 12.1. The Morgan fingerprint density at radius 2 is 1.62 bits per heavy atom. The molecule has 112 valence electrons. The van der Waals surface area contributed by atoms with Crippen LogP contribution in [0.4, 0.5) is 0 Å². The van der Waals surface area contributed by atoms with Crippen LogP contribution >= 0.6 is 0 Å². The lowest BCUT2D eigenvalue weighted by Crippen LogP contribution is -2.48. The van der Waals surface area contributed by atoms with Gasteiger partial charge in [0.25, 0.3) is 0 Å². The van der Waals surface area contributed by atoms with Gasteiger partial charge in [0.05, 0.1) is 11.8 Å². The van der Waals surface area contributed by atoms with Crippen molar-refractivity contribution in [1.29, 1.82) is 0 Å². The summed E-state index contributed by atoms with van der Waals surface area (Å²) in [4.78, 5) is 38.1. The summed E-state index contributed by atoms with van der Waals surface area (Å²) in [6, 6.07) is -1.04. The van der Waals surface area contributed by atoms with E-state index in [4.69, 9.17) is 0 Å². The van der Waals surface area contributed by atoms with Crippen LogP contribution in [0.2, 0.25) is 0 Å². The highest BCUT2D eigenvalue weighted by atomic mass is 16.4. The number of hydrogen-bond donors (Lipinski definition) is 1. The minimum atomic E-state index is -1.09. The molecule has 0 unspecified atom stereocenters. The van der Waals surface area contributed by atoms with Crippen molar-refractivity contribution in [2.24, 2.45) is 41.4 Å². The van der Waals surface area contributed by atoms with Gasteiger partial charge in [-0.3, -0.25) is 14.5 Å². The summed E-state index contributed by atoms with van der Waals surface area (Å²) < 4.78 is 0. The first kappa shape index (κ1) is 13.0. The lowest BCUT2D eigenvalue weighted by Gasteiger charge is -2.37. The van der Waals surface area contributed by atoms with Crippen LogP contribution in [0.3, 0.4) is 0 Å². The molecule has 5 heteroatoms. The van der Waals surface area contributed by atoms with Gasteiger partial charge in [0.15, 0.2) is 0 Å². The molecule has 1 saturated heterocycles. The van der Waals surface area contributed by atoms with Gasteiger partial charge >= 0.3 is 5.97 Å². The molecule has 21 heavy (non-hydrogen) atoms. The summed E-state index contributed by atoms with van der Waals surface area (Å²) >= 11 is 0. The number of aliphatic carboxylic acids is 1. The minimum Gasteiger partial charge on any atom is -0.480 e. The molecular formula is C16H19NO4. The predicted octanol–water partition coefficient (Wildman–Crippen LogP) is 1.15. The van der Waals surface area contributed by atoms with E-state index in [2.05, 4.69) is 12.2 Å². The first-order chi connectivity index (χ1) is 9.93. The first-order valence-corrected chi connectivity index (χ1v) is 7.71. The molecule has 0 aromatic rings. The Morgan fingerprint density at radius 3 is 2.00 bits per heavy atom. The molecular weight excluding hydrogens is 270 g/mol. The highest BCUT2D eigenvalue weighted by Crippen LogP contribution is 2.65. The van der Waals surface area contributed by atoms with Crippen molar-refractivity contribution in [2.75, 3.05) is 0 Å². The van der Waals surface area contributed by atoms with Gasteiger partial charge in [-0.1, -0.05) is 26.0 Å². The first-order valence-electron chi connectivity index (χ1n) is 7.71. The second-order valence-electron chi connectivity index (χ2n) is 7.23. The van der Waals surface area contributed by atoms with Crippen molar-refractivity contribution in [3.05, 3.63) is 12.2 Å². The van der Waals surface area contributed by atoms with Crippen LogP contribution < -0.4 is 0 Å². The Kier molecular flexibility index (Phi) is 2.46. The molecule has 2 saturated carbocycles. The van der Waals surface area contributed by atoms with Crippen molar-refractivity contribution in [3.63, 3.8) is 0 Å². The third-order valence-electron chi connectivity index (χ3n) is 5.86. The number of imide groups is 1. The molecule has 4 aliphatic carbocycles. The third-order valence-corrected chi connectivity index (χ3v) is 5.86. The minimum absolute atomic E-state index is 0.146. The average molecular weight is 289 g/mol. The Morgan fingerprint density at radius 1 is 1.14 bits per heavy atom. The lowest BCUT2D eigenvalue weighted by molar-refractivity contribution is -0.157. The van der Waals surface area contributed by atoms with Gasteiger partial charge < -0.3 is 5.11 Å². The third kappa shape index (κ3) is 1.49. The molecule has 7 atom stereocenters. The highest BCUT2D eigenvalue weighted by Gasteiger charge is 2.68. The summed E-state index contributed by atoms with van der Waals surface area (Å²) in [6.07, 6.45) is 5.31. The molecule has 5 nitrogen and oxygen atoms in total. The SMILES string of the molecule is CC(C)[C@H](C(=O)O)N1C(=O)[C@@H]2[C@@H]3C=C[C@H]([C@@H]4C[C@@H]34)[C@H]2C1=O.